The van der Waals surface area contributed by atoms with Gasteiger partial charge in [0.15, 0.2) is 0 Å². The molecule has 0 amide bonds. The van der Waals surface area contributed by atoms with Gasteiger partial charge in [-0.15, -0.1) is 0 Å². The maximum absolute atomic E-state index is 11.8. The highest BCUT2D eigenvalue weighted by Gasteiger charge is 2.12. The summed E-state index contributed by atoms with van der Waals surface area (Å²) in [5.74, 6) is 0.953. The standard InChI is InChI=1S/C15H20F2O3/c16-15(17)10-19-7-6-13(18)3-1-11-2-4-14-12(9-11)5-8-20-14/h2,4,9,13,15,18H,1,3,5-8,10H2. The van der Waals surface area contributed by atoms with Gasteiger partial charge in [0.1, 0.15) is 12.4 Å². The van der Waals surface area contributed by atoms with Crippen LogP contribution < -0.4 is 4.74 Å². The normalized spacial score (nSPS) is 15.2. The van der Waals surface area contributed by atoms with Crippen molar-refractivity contribution in [1.82, 2.24) is 0 Å². The molecule has 0 aromatic heterocycles. The van der Waals surface area contributed by atoms with Crippen molar-refractivity contribution in [1.29, 1.82) is 0 Å². The van der Waals surface area contributed by atoms with E-state index in [0.29, 0.717) is 12.8 Å². The van der Waals surface area contributed by atoms with Crippen LogP contribution in [0.1, 0.15) is 24.0 Å². The number of benzene rings is 1. The number of halogens is 2. The first-order valence-electron chi connectivity index (χ1n) is 6.93. The Morgan fingerprint density at radius 1 is 1.30 bits per heavy atom. The highest BCUT2D eigenvalue weighted by molar-refractivity contribution is 5.39. The van der Waals surface area contributed by atoms with Crippen molar-refractivity contribution < 1.29 is 23.4 Å². The number of alkyl halides is 2. The molecule has 1 aromatic rings. The number of aryl methyl sites for hydroxylation is 1. The third-order valence-electron chi connectivity index (χ3n) is 3.36. The van der Waals surface area contributed by atoms with Gasteiger partial charge >= 0.3 is 0 Å². The van der Waals surface area contributed by atoms with E-state index in [1.807, 2.05) is 12.1 Å². The molecule has 5 heteroatoms. The van der Waals surface area contributed by atoms with Gasteiger partial charge in [0, 0.05) is 13.0 Å². The Hall–Kier alpha value is -1.20. The summed E-state index contributed by atoms with van der Waals surface area (Å²) < 4.78 is 33.9. The first kappa shape index (κ1) is 15.2. The molecule has 1 heterocycles. The molecule has 0 bridgehead atoms. The van der Waals surface area contributed by atoms with Gasteiger partial charge in [0.25, 0.3) is 6.43 Å². The minimum Gasteiger partial charge on any atom is -0.493 e. The monoisotopic (exact) mass is 286 g/mol. The summed E-state index contributed by atoms with van der Waals surface area (Å²) in [7, 11) is 0. The minimum atomic E-state index is -2.44. The summed E-state index contributed by atoms with van der Waals surface area (Å²) in [6.07, 6.45) is -0.257. The molecule has 1 aromatic carbocycles. The van der Waals surface area contributed by atoms with Gasteiger partial charge in [-0.3, -0.25) is 0 Å². The van der Waals surface area contributed by atoms with Gasteiger partial charge in [-0.2, -0.15) is 0 Å². The van der Waals surface area contributed by atoms with Crippen molar-refractivity contribution in [3.05, 3.63) is 29.3 Å². The van der Waals surface area contributed by atoms with E-state index in [4.69, 9.17) is 9.47 Å². The first-order chi connectivity index (χ1) is 9.65. The number of rotatable bonds is 8. The third kappa shape index (κ3) is 4.72. The SMILES string of the molecule is OC(CCOCC(F)F)CCc1ccc2c(c1)CCO2. The Balaban J connectivity index is 1.67. The fourth-order valence-electron chi connectivity index (χ4n) is 2.26. The molecule has 0 saturated heterocycles. The lowest BCUT2D eigenvalue weighted by atomic mass is 10.0. The van der Waals surface area contributed by atoms with Gasteiger partial charge < -0.3 is 14.6 Å². The number of aliphatic hydroxyl groups is 1. The van der Waals surface area contributed by atoms with Crippen LogP contribution in [0.5, 0.6) is 5.75 Å². The number of ether oxygens (including phenoxy) is 2. The van der Waals surface area contributed by atoms with E-state index in [-0.39, 0.29) is 6.61 Å². The molecule has 1 aliphatic heterocycles. The molecular formula is C15H20F2O3. The Kier molecular flexibility index (Phi) is 5.73. The lowest BCUT2D eigenvalue weighted by molar-refractivity contribution is 0.00429. The Labute approximate surface area is 117 Å². The van der Waals surface area contributed by atoms with Crippen LogP contribution in [0.25, 0.3) is 0 Å². The van der Waals surface area contributed by atoms with E-state index >= 15 is 0 Å². The third-order valence-corrected chi connectivity index (χ3v) is 3.36. The maximum atomic E-state index is 11.8. The van der Waals surface area contributed by atoms with Crippen molar-refractivity contribution in [2.24, 2.45) is 0 Å². The summed E-state index contributed by atoms with van der Waals surface area (Å²) in [5, 5.41) is 9.78. The van der Waals surface area contributed by atoms with Gasteiger partial charge in [-0.1, -0.05) is 12.1 Å². The zero-order valence-electron chi connectivity index (χ0n) is 11.4. The molecule has 1 atom stereocenters. The van der Waals surface area contributed by atoms with Crippen molar-refractivity contribution in [2.45, 2.75) is 38.2 Å². The molecule has 0 saturated carbocycles. The highest BCUT2D eigenvalue weighted by atomic mass is 19.3. The molecule has 0 spiro atoms. The topological polar surface area (TPSA) is 38.7 Å². The zero-order chi connectivity index (χ0) is 14.4. The second-order valence-electron chi connectivity index (χ2n) is 4.99. The molecule has 1 aliphatic rings. The molecule has 1 unspecified atom stereocenters. The van der Waals surface area contributed by atoms with Crippen LogP contribution in [-0.2, 0) is 17.6 Å². The fourth-order valence-corrected chi connectivity index (χ4v) is 2.26. The molecule has 2 rings (SSSR count). The Morgan fingerprint density at radius 3 is 2.95 bits per heavy atom. The molecule has 112 valence electrons. The second-order valence-corrected chi connectivity index (χ2v) is 4.99. The zero-order valence-corrected chi connectivity index (χ0v) is 11.4. The number of aliphatic hydroxyl groups excluding tert-OH is 1. The summed E-state index contributed by atoms with van der Waals surface area (Å²) in [6.45, 7) is 0.351. The Bertz CT molecular complexity index is 424. The fraction of sp³-hybridized carbons (Fsp3) is 0.600. The summed E-state index contributed by atoms with van der Waals surface area (Å²) in [5.41, 5.74) is 2.39. The van der Waals surface area contributed by atoms with E-state index in [9.17, 15) is 13.9 Å². The lowest BCUT2D eigenvalue weighted by Crippen LogP contribution is -2.13. The summed E-state index contributed by atoms with van der Waals surface area (Å²) in [6, 6.07) is 6.09. The molecular weight excluding hydrogens is 266 g/mol. The van der Waals surface area contributed by atoms with Crippen molar-refractivity contribution >= 4 is 0 Å². The van der Waals surface area contributed by atoms with E-state index in [1.54, 1.807) is 0 Å². The van der Waals surface area contributed by atoms with E-state index in [0.717, 1.165) is 25.2 Å². The van der Waals surface area contributed by atoms with E-state index in [1.165, 1.54) is 11.1 Å². The molecule has 20 heavy (non-hydrogen) atoms. The van der Waals surface area contributed by atoms with Crippen LogP contribution in [0.3, 0.4) is 0 Å². The van der Waals surface area contributed by atoms with Crippen molar-refractivity contribution in [2.75, 3.05) is 19.8 Å². The summed E-state index contributed by atoms with van der Waals surface area (Å²) >= 11 is 0. The largest absolute Gasteiger partial charge is 0.493 e. The van der Waals surface area contributed by atoms with Gasteiger partial charge in [0.05, 0.1) is 12.7 Å². The Morgan fingerprint density at radius 2 is 2.15 bits per heavy atom. The van der Waals surface area contributed by atoms with Gasteiger partial charge in [0.2, 0.25) is 0 Å². The van der Waals surface area contributed by atoms with Crippen LogP contribution in [0.15, 0.2) is 18.2 Å². The number of hydrogen-bond acceptors (Lipinski definition) is 3. The van der Waals surface area contributed by atoms with Gasteiger partial charge in [-0.05, 0) is 36.5 Å². The van der Waals surface area contributed by atoms with Crippen molar-refractivity contribution in [3.8, 4) is 5.75 Å². The second kappa shape index (κ2) is 7.55. The molecule has 0 radical (unpaired) electrons. The van der Waals surface area contributed by atoms with E-state index in [2.05, 4.69) is 6.07 Å². The molecule has 3 nitrogen and oxygen atoms in total. The van der Waals surface area contributed by atoms with Crippen LogP contribution in [0.4, 0.5) is 8.78 Å². The average Bonchev–Trinajstić information content (AvgIpc) is 2.88. The first-order valence-corrected chi connectivity index (χ1v) is 6.93. The summed E-state index contributed by atoms with van der Waals surface area (Å²) in [4.78, 5) is 0. The minimum absolute atomic E-state index is 0.170. The van der Waals surface area contributed by atoms with Crippen molar-refractivity contribution in [3.63, 3.8) is 0 Å². The molecule has 1 N–H and O–H groups in total. The number of hydrogen-bond donors (Lipinski definition) is 1. The predicted octanol–water partition coefficient (Wildman–Crippen LogP) is 2.59. The number of fused-ring (bicyclic) bond motifs is 1. The highest BCUT2D eigenvalue weighted by Crippen LogP contribution is 2.26. The van der Waals surface area contributed by atoms with Crippen LogP contribution in [0, 0.1) is 0 Å². The molecule has 0 aliphatic carbocycles. The smallest absolute Gasteiger partial charge is 0.261 e. The maximum Gasteiger partial charge on any atom is 0.261 e. The average molecular weight is 286 g/mol. The van der Waals surface area contributed by atoms with Crippen LogP contribution in [0.2, 0.25) is 0 Å². The predicted molar refractivity (Wildman–Crippen MR) is 71.4 cm³/mol. The van der Waals surface area contributed by atoms with Crippen LogP contribution in [-0.4, -0.2) is 37.5 Å². The lowest BCUT2D eigenvalue weighted by Gasteiger charge is -2.11. The quantitative estimate of drug-likeness (QED) is 0.747. The van der Waals surface area contributed by atoms with Crippen LogP contribution >= 0.6 is 0 Å². The van der Waals surface area contributed by atoms with E-state index < -0.39 is 19.1 Å². The molecule has 0 fully saturated rings. The van der Waals surface area contributed by atoms with Gasteiger partial charge in [-0.25, -0.2) is 8.78 Å².